The smallest absolute Gasteiger partial charge is 0.197 e. The van der Waals surface area contributed by atoms with Crippen LogP contribution in [0.3, 0.4) is 0 Å². The fourth-order valence-corrected chi connectivity index (χ4v) is 22.5. The number of thiophene rings is 7. The van der Waals surface area contributed by atoms with Crippen LogP contribution in [0.4, 0.5) is 4.39 Å². The van der Waals surface area contributed by atoms with Crippen molar-refractivity contribution in [2.24, 2.45) is 35.5 Å². The fraction of sp³-hybridized carbons (Fsp3) is 0.351. The SMILES string of the molecule is C=Cc1cc2cc(C(=O)CCC(C)=O)sc2cc1OC.CC(=O)[C@@H](C)CC(=O)c1cc2cc(Cl)c(Cl)cc2s1.CCc1cc2sc(C(=O)C[C@H](C)C(C)=O)cc2cc1OC.COCC(CC(=O)c1cc2cc(OC)c(OC)cc2s1)C(C)=O.COc1cc2cc(C(=O)C[C@H](C)C(C)=O)sc2cc1C.COc1cc2sc(C(=O)C[C@H](C)C(C)=O)cc2c(F)c1OC.COc1cc2sc(C(=O)C[C@H](C)C(C)=O)cc2cc1Br. The largest absolute Gasteiger partial charge is 0.496 e. The first-order valence-electron chi connectivity index (χ1n) is 45.9. The summed E-state index contributed by atoms with van der Waals surface area (Å²) in [5.41, 5.74) is 3.10. The Morgan fingerprint density at radius 1 is 0.345 bits per heavy atom. The molecule has 34 heteroatoms. The number of fused-ring (bicyclic) bond motifs is 7. The van der Waals surface area contributed by atoms with Crippen molar-refractivity contribution >= 4 is 276 Å². The number of benzene rings is 7. The molecule has 770 valence electrons. The van der Waals surface area contributed by atoms with Crippen LogP contribution in [0.5, 0.6) is 46.0 Å². The number of carbonyl (C=O) groups is 14. The number of aryl methyl sites for hydroxylation is 2. The van der Waals surface area contributed by atoms with Gasteiger partial charge in [-0.1, -0.05) is 77.4 Å². The Morgan fingerprint density at radius 3 is 1.04 bits per heavy atom. The summed E-state index contributed by atoms with van der Waals surface area (Å²) in [4.78, 5) is 169. The van der Waals surface area contributed by atoms with E-state index in [4.69, 9.17) is 65.8 Å². The van der Waals surface area contributed by atoms with Crippen LogP contribution >= 0.6 is 118 Å². The maximum atomic E-state index is 14.4. The zero-order valence-electron chi connectivity index (χ0n) is 85.1. The quantitative estimate of drug-likeness (QED) is 0.0322. The van der Waals surface area contributed by atoms with E-state index in [-0.39, 0.29) is 174 Å². The Morgan fingerprint density at radius 2 is 0.662 bits per heavy atom. The van der Waals surface area contributed by atoms with Crippen LogP contribution in [-0.4, -0.2) is 152 Å². The van der Waals surface area contributed by atoms with Gasteiger partial charge in [-0.25, -0.2) is 4.39 Å². The summed E-state index contributed by atoms with van der Waals surface area (Å²) in [5.74, 6) is 2.53. The summed E-state index contributed by atoms with van der Waals surface area (Å²) in [6, 6.07) is 37.3. The highest BCUT2D eigenvalue weighted by Gasteiger charge is 2.28. The van der Waals surface area contributed by atoms with Gasteiger partial charge in [0.25, 0.3) is 0 Å². The number of ketones is 14. The van der Waals surface area contributed by atoms with Crippen LogP contribution in [0.15, 0.2) is 132 Å². The zero-order valence-corrected chi connectivity index (χ0v) is 93.9. The summed E-state index contributed by atoms with van der Waals surface area (Å²) in [6.45, 7) is 27.4. The Labute approximate surface area is 888 Å². The monoisotopic (exact) mass is 2210 g/mol. The first-order chi connectivity index (χ1) is 68.6. The maximum absolute atomic E-state index is 14.4. The molecule has 1 unspecified atom stereocenters. The molecule has 0 saturated carbocycles. The highest BCUT2D eigenvalue weighted by molar-refractivity contribution is 9.10. The number of carbonyl (C=O) groups excluding carboxylic acids is 14. The zero-order chi connectivity index (χ0) is 108. The lowest BCUT2D eigenvalue weighted by molar-refractivity contribution is -0.122. The van der Waals surface area contributed by atoms with Crippen LogP contribution in [0, 0.1) is 48.2 Å². The molecule has 0 saturated heterocycles. The van der Waals surface area contributed by atoms with E-state index in [0.29, 0.717) is 72.2 Å². The van der Waals surface area contributed by atoms with Gasteiger partial charge in [0.2, 0.25) is 0 Å². The van der Waals surface area contributed by atoms with Crippen molar-refractivity contribution in [3.63, 3.8) is 0 Å². The van der Waals surface area contributed by atoms with E-state index in [0.717, 1.165) is 111 Å². The van der Waals surface area contributed by atoms with Crippen molar-refractivity contribution in [2.45, 2.75) is 155 Å². The molecule has 23 nitrogen and oxygen atoms in total. The molecule has 145 heavy (non-hydrogen) atoms. The lowest BCUT2D eigenvalue weighted by Gasteiger charge is -2.10. The lowest BCUT2D eigenvalue weighted by Crippen LogP contribution is -2.20. The summed E-state index contributed by atoms with van der Waals surface area (Å²) < 4.78 is 68.8. The molecule has 0 aliphatic heterocycles. The van der Waals surface area contributed by atoms with Crippen LogP contribution in [-0.2, 0) is 44.7 Å². The molecular weight excluding hydrogens is 2100 g/mol. The standard InChI is InChI=1S/C17H20O5S.C17H20O3S.C16H17FO4S.C16H18O3S.C16H16O3S.C15H15BrO3S.C14H12Cl2O2S/c1-10(18)12(9-20-2)5-13(19)17-7-11-6-14(21-3)15(22-4)8-16(11)23-17;1-5-12-8-16-13(7-15(12)20-4)9-17(21-16)14(19)6-10(2)11(3)18;1-8(9(2)18)5-11(19)14-6-10-13(22-14)7-12(20-3)16(21-4)15(10)17;1-9(11(3)17)5-13(18)16-8-12-7-14(19-4)10(2)6-15(12)20-16;1-4-11-7-12-8-16(13(18)6-5-10(2)17)20-15(12)9-14(11)19-3;1-8(9(2)17)4-12(18)15-6-10-5-11(16)13(19-3)7-14(10)20-15;1-7(8(2)17)3-12(18)14-5-9-4-10(15)11(16)6-13(9)19-14/h6-8,12H,5,9H2,1-4H3;7-10H,5-6H2,1-4H3;6-8H,5H2,1-4H3;6-9H,5H2,1-4H3;4,7-9H,1,5-6H2,2-3H3;5-8H,4H2,1-3H3;4-7H,3H2,1-2H3/t;10-;8-;9-;;8-;7-/m.000.00/s1. The van der Waals surface area contributed by atoms with Crippen LogP contribution in [0.25, 0.3) is 76.7 Å². The van der Waals surface area contributed by atoms with Gasteiger partial charge in [0, 0.05) is 150 Å². The molecule has 0 N–H and O–H groups in total. The second-order valence-electron chi connectivity index (χ2n) is 34.6. The predicted molar refractivity (Wildman–Crippen MR) is 590 cm³/mol. The molecule has 0 radical (unpaired) electrons. The highest BCUT2D eigenvalue weighted by Crippen LogP contribution is 2.44. The minimum Gasteiger partial charge on any atom is -0.496 e. The molecule has 7 aromatic heterocycles. The van der Waals surface area contributed by atoms with Gasteiger partial charge in [0.05, 0.1) is 112 Å². The third-order valence-electron chi connectivity index (χ3n) is 23.8. The van der Waals surface area contributed by atoms with E-state index in [9.17, 15) is 71.5 Å². The lowest BCUT2D eigenvalue weighted by atomic mass is 9.98. The van der Waals surface area contributed by atoms with Gasteiger partial charge in [-0.15, -0.1) is 79.4 Å². The molecule has 0 aliphatic carbocycles. The van der Waals surface area contributed by atoms with Crippen molar-refractivity contribution in [3.8, 4) is 46.0 Å². The molecule has 7 heterocycles. The third kappa shape index (κ3) is 32.4. The van der Waals surface area contributed by atoms with Crippen molar-refractivity contribution in [1.82, 2.24) is 0 Å². The topological polar surface area (TPSA) is 322 Å². The molecule has 0 spiro atoms. The second kappa shape index (κ2) is 55.5. The summed E-state index contributed by atoms with van der Waals surface area (Å²) >= 11 is 25.1. The minimum absolute atomic E-state index is 0.0144. The number of Topliss-reactive ketones (excluding diaryl/α,β-unsaturated/α-hetero) is 14. The average molecular weight is 2210 g/mol. The Balaban J connectivity index is 0.000000207. The average Bonchev–Trinajstić information content (AvgIpc) is 1.64. The van der Waals surface area contributed by atoms with E-state index in [1.165, 1.54) is 155 Å². The molecule has 0 amide bonds. The van der Waals surface area contributed by atoms with Crippen LogP contribution < -0.4 is 37.9 Å². The number of halogens is 4. The summed E-state index contributed by atoms with van der Waals surface area (Å²) in [5, 5.41) is 7.12. The molecule has 14 aromatic rings. The first kappa shape index (κ1) is 119. The van der Waals surface area contributed by atoms with Crippen LogP contribution in [0.1, 0.15) is 226 Å². The Bertz CT molecular complexity index is 6960. The van der Waals surface area contributed by atoms with E-state index in [1.54, 1.807) is 108 Å². The number of methoxy groups -OCH3 is 9. The van der Waals surface area contributed by atoms with Gasteiger partial charge < -0.3 is 47.4 Å². The first-order valence-corrected chi connectivity index (χ1v) is 53.2. The predicted octanol–water partition coefficient (Wildman–Crippen LogP) is 29.1. The van der Waals surface area contributed by atoms with Gasteiger partial charge in [-0.3, -0.25) is 62.3 Å². The van der Waals surface area contributed by atoms with Crippen molar-refractivity contribution in [3.05, 3.63) is 199 Å². The van der Waals surface area contributed by atoms with E-state index in [1.807, 2.05) is 91.9 Å². The summed E-state index contributed by atoms with van der Waals surface area (Å²) in [6.07, 6.45) is 4.53. The van der Waals surface area contributed by atoms with E-state index >= 15 is 0 Å². The van der Waals surface area contributed by atoms with E-state index < -0.39 is 11.7 Å². The molecule has 7 aromatic carbocycles. The van der Waals surface area contributed by atoms with Gasteiger partial charge >= 0.3 is 0 Å². The van der Waals surface area contributed by atoms with Crippen molar-refractivity contribution < 1.29 is 114 Å². The summed E-state index contributed by atoms with van der Waals surface area (Å²) in [7, 11) is 14.0. The Hall–Kier alpha value is -11.3. The normalized spacial score (nSPS) is 12.1. The van der Waals surface area contributed by atoms with Crippen molar-refractivity contribution in [2.75, 3.05) is 70.6 Å². The molecule has 0 aliphatic rings. The Kier molecular flexibility index (Phi) is 45.5. The number of rotatable bonds is 40. The van der Waals surface area contributed by atoms with Gasteiger partial charge in [0.15, 0.2) is 69.3 Å². The number of ether oxygens (including phenoxy) is 9. The molecular formula is C111H118BrCl2FO23S7. The number of hydrogen-bond acceptors (Lipinski definition) is 30. The fourth-order valence-electron chi connectivity index (χ4n) is 14.3. The van der Waals surface area contributed by atoms with Gasteiger partial charge in [0.1, 0.15) is 63.5 Å². The minimum atomic E-state index is -0.549. The highest BCUT2D eigenvalue weighted by atomic mass is 79.9. The number of hydrogen-bond donors (Lipinski definition) is 0. The van der Waals surface area contributed by atoms with Crippen LogP contribution in [0.2, 0.25) is 10.0 Å². The van der Waals surface area contributed by atoms with E-state index in [2.05, 4.69) is 35.5 Å². The second-order valence-corrected chi connectivity index (χ2v) is 43.9. The molecule has 14 rings (SSSR count). The van der Waals surface area contributed by atoms with Crippen molar-refractivity contribution in [1.29, 1.82) is 0 Å². The molecule has 6 atom stereocenters. The maximum Gasteiger partial charge on any atom is 0.197 e. The van der Waals surface area contributed by atoms with Gasteiger partial charge in [-0.2, -0.15) is 0 Å². The molecule has 0 bridgehead atoms. The van der Waals surface area contributed by atoms with Gasteiger partial charge in [-0.05, 0) is 230 Å². The third-order valence-corrected chi connectivity index (χ3v) is 33.1. The molecule has 0 fully saturated rings.